The molecule has 1 aromatic carbocycles. The molecule has 21 heavy (non-hydrogen) atoms. The van der Waals surface area contributed by atoms with Gasteiger partial charge in [0.15, 0.2) is 0 Å². The van der Waals surface area contributed by atoms with Gasteiger partial charge in [0.05, 0.1) is 16.3 Å². The van der Waals surface area contributed by atoms with Gasteiger partial charge in [0, 0.05) is 20.3 Å². The van der Waals surface area contributed by atoms with E-state index in [1.807, 2.05) is 0 Å². The van der Waals surface area contributed by atoms with Gasteiger partial charge in [0.2, 0.25) is 0 Å². The number of halogens is 4. The summed E-state index contributed by atoms with van der Waals surface area (Å²) in [6.07, 6.45) is -3.31. The van der Waals surface area contributed by atoms with Gasteiger partial charge in [-0.2, -0.15) is 18.4 Å². The van der Waals surface area contributed by atoms with Crippen molar-refractivity contribution in [3.8, 4) is 6.07 Å². The van der Waals surface area contributed by atoms with Crippen LogP contribution in [-0.4, -0.2) is 24.9 Å². The molecular formula is C13H11ClF3N3O. The van der Waals surface area contributed by atoms with Crippen LogP contribution in [0.1, 0.15) is 5.56 Å². The van der Waals surface area contributed by atoms with Crippen molar-refractivity contribution in [2.75, 3.05) is 19.4 Å². The molecule has 112 valence electrons. The van der Waals surface area contributed by atoms with Crippen molar-refractivity contribution in [1.82, 2.24) is 4.90 Å². The summed E-state index contributed by atoms with van der Waals surface area (Å²) in [6.45, 7) is 0. The van der Waals surface area contributed by atoms with Crippen molar-refractivity contribution < 1.29 is 18.0 Å². The molecule has 0 unspecified atom stereocenters. The van der Waals surface area contributed by atoms with Crippen molar-refractivity contribution in [2.45, 2.75) is 6.18 Å². The molecule has 0 saturated heterocycles. The van der Waals surface area contributed by atoms with Gasteiger partial charge in [-0.15, -0.1) is 0 Å². The van der Waals surface area contributed by atoms with Crippen molar-refractivity contribution in [3.63, 3.8) is 0 Å². The van der Waals surface area contributed by atoms with Crippen LogP contribution < -0.4 is 5.32 Å². The fourth-order valence-corrected chi connectivity index (χ4v) is 1.55. The fraction of sp³-hybridized carbons (Fsp3) is 0.231. The van der Waals surface area contributed by atoms with Crippen LogP contribution in [-0.2, 0) is 11.0 Å². The van der Waals surface area contributed by atoms with E-state index in [-0.39, 0.29) is 16.3 Å². The molecule has 0 saturated carbocycles. The normalized spacial score (nSPS) is 11.8. The zero-order valence-electron chi connectivity index (χ0n) is 11.1. The first-order valence-corrected chi connectivity index (χ1v) is 5.99. The highest BCUT2D eigenvalue weighted by Crippen LogP contribution is 2.33. The topological polar surface area (TPSA) is 56.1 Å². The fourth-order valence-electron chi connectivity index (χ4n) is 1.38. The molecule has 4 nitrogen and oxygen atoms in total. The molecule has 1 rings (SSSR count). The monoisotopic (exact) mass is 317 g/mol. The van der Waals surface area contributed by atoms with Gasteiger partial charge in [-0.05, 0) is 18.2 Å². The maximum atomic E-state index is 12.6. The summed E-state index contributed by atoms with van der Waals surface area (Å²) in [5.74, 6) is -0.840. The first-order valence-electron chi connectivity index (χ1n) is 5.61. The quantitative estimate of drug-likeness (QED) is 0.687. The summed E-state index contributed by atoms with van der Waals surface area (Å²) in [4.78, 5) is 13.3. The number of nitrogens with zero attached hydrogens (tertiary/aromatic N) is 2. The number of rotatable bonds is 3. The van der Waals surface area contributed by atoms with E-state index >= 15 is 0 Å². The number of hydrogen-bond donors (Lipinski definition) is 1. The second kappa shape index (κ2) is 6.50. The minimum atomic E-state index is -4.55. The van der Waals surface area contributed by atoms with E-state index in [0.29, 0.717) is 6.07 Å². The highest BCUT2D eigenvalue weighted by atomic mass is 35.5. The minimum absolute atomic E-state index is 0.0570. The lowest BCUT2D eigenvalue weighted by atomic mass is 10.2. The first kappa shape index (κ1) is 16.9. The number of nitrogens with one attached hydrogen (secondary N) is 1. The molecule has 0 aliphatic rings. The predicted molar refractivity (Wildman–Crippen MR) is 72.5 cm³/mol. The molecule has 0 aromatic heterocycles. The van der Waals surface area contributed by atoms with Gasteiger partial charge in [0.25, 0.3) is 5.91 Å². The second-order valence-corrected chi connectivity index (χ2v) is 4.67. The van der Waals surface area contributed by atoms with Gasteiger partial charge in [-0.3, -0.25) is 4.79 Å². The molecule has 8 heteroatoms. The maximum Gasteiger partial charge on any atom is 0.416 e. The van der Waals surface area contributed by atoms with Crippen LogP contribution in [0.3, 0.4) is 0 Å². The highest BCUT2D eigenvalue weighted by Gasteiger charge is 2.31. The first-order chi connectivity index (χ1) is 9.65. The van der Waals surface area contributed by atoms with Crippen LogP contribution in [0.4, 0.5) is 18.9 Å². The van der Waals surface area contributed by atoms with Crippen LogP contribution >= 0.6 is 11.6 Å². The van der Waals surface area contributed by atoms with Gasteiger partial charge in [-0.25, -0.2) is 0 Å². The van der Waals surface area contributed by atoms with Crippen molar-refractivity contribution in [2.24, 2.45) is 0 Å². The summed E-state index contributed by atoms with van der Waals surface area (Å²) >= 11 is 5.75. The van der Waals surface area contributed by atoms with E-state index in [9.17, 15) is 18.0 Å². The molecule has 0 atom stereocenters. The summed E-state index contributed by atoms with van der Waals surface area (Å²) < 4.78 is 37.8. The zero-order chi connectivity index (χ0) is 16.2. The van der Waals surface area contributed by atoms with Crippen molar-refractivity contribution in [1.29, 1.82) is 5.26 Å². The Morgan fingerprint density at radius 2 is 2.05 bits per heavy atom. The lowest BCUT2D eigenvalue weighted by molar-refractivity contribution is -0.137. The van der Waals surface area contributed by atoms with Crippen LogP contribution in [0, 0.1) is 11.3 Å². The van der Waals surface area contributed by atoms with Crippen LogP contribution in [0.25, 0.3) is 0 Å². The molecule has 0 aliphatic carbocycles. The van der Waals surface area contributed by atoms with Gasteiger partial charge in [0.1, 0.15) is 11.6 Å². The Balaban J connectivity index is 3.08. The molecule has 0 bridgehead atoms. The Morgan fingerprint density at radius 1 is 1.43 bits per heavy atom. The van der Waals surface area contributed by atoms with Crippen molar-refractivity contribution in [3.05, 3.63) is 40.6 Å². The van der Waals surface area contributed by atoms with Gasteiger partial charge in [-0.1, -0.05) is 11.6 Å². The van der Waals surface area contributed by atoms with Gasteiger partial charge >= 0.3 is 6.18 Å². The molecule has 0 aliphatic heterocycles. The number of anilines is 1. The van der Waals surface area contributed by atoms with E-state index in [1.54, 1.807) is 20.2 Å². The molecule has 1 aromatic rings. The van der Waals surface area contributed by atoms with Crippen LogP contribution in [0.2, 0.25) is 5.02 Å². The SMILES string of the molecule is CN(C)C=C(C#N)C(=O)Nc1cc(C(F)(F)F)ccc1Cl. The average Bonchev–Trinajstić information content (AvgIpc) is 2.36. The Hall–Kier alpha value is -2.20. The Bertz CT molecular complexity index is 618. The van der Waals surface area contributed by atoms with Crippen LogP contribution in [0.15, 0.2) is 30.0 Å². The standard InChI is InChI=1S/C13H11ClF3N3O/c1-20(2)7-8(6-18)12(21)19-11-5-9(13(15,16)17)3-4-10(11)14/h3-5,7H,1-2H3,(H,19,21). The number of hydrogen-bond acceptors (Lipinski definition) is 3. The van der Waals surface area contributed by atoms with Crippen LogP contribution in [0.5, 0.6) is 0 Å². The Morgan fingerprint density at radius 3 is 2.52 bits per heavy atom. The van der Waals surface area contributed by atoms with E-state index < -0.39 is 17.6 Å². The number of alkyl halides is 3. The van der Waals surface area contributed by atoms with E-state index in [1.165, 1.54) is 11.1 Å². The van der Waals surface area contributed by atoms with Crippen molar-refractivity contribution >= 4 is 23.2 Å². The third kappa shape index (κ3) is 4.68. The highest BCUT2D eigenvalue weighted by molar-refractivity contribution is 6.34. The number of carbonyl (C=O) groups is 1. The lowest BCUT2D eigenvalue weighted by Gasteiger charge is -2.12. The molecule has 0 radical (unpaired) electrons. The number of carbonyl (C=O) groups excluding carboxylic acids is 1. The molecule has 0 fully saturated rings. The Kier molecular flexibility index (Phi) is 5.22. The largest absolute Gasteiger partial charge is 0.416 e. The number of amides is 1. The second-order valence-electron chi connectivity index (χ2n) is 4.26. The van der Waals surface area contributed by atoms with E-state index in [2.05, 4.69) is 5.32 Å². The molecule has 1 amide bonds. The van der Waals surface area contributed by atoms with E-state index in [0.717, 1.165) is 12.1 Å². The maximum absolute atomic E-state index is 12.6. The molecular weight excluding hydrogens is 307 g/mol. The number of benzene rings is 1. The smallest absolute Gasteiger partial charge is 0.382 e. The third-order valence-electron chi connectivity index (χ3n) is 2.29. The zero-order valence-corrected chi connectivity index (χ0v) is 11.9. The predicted octanol–water partition coefficient (Wildman–Crippen LogP) is 3.27. The summed E-state index contributed by atoms with van der Waals surface area (Å²) in [5, 5.41) is 11.0. The van der Waals surface area contributed by atoms with Gasteiger partial charge < -0.3 is 10.2 Å². The molecule has 0 spiro atoms. The number of nitriles is 1. The third-order valence-corrected chi connectivity index (χ3v) is 2.62. The summed E-state index contributed by atoms with van der Waals surface area (Å²) in [6, 6.07) is 4.21. The lowest BCUT2D eigenvalue weighted by Crippen LogP contribution is -2.17. The summed E-state index contributed by atoms with van der Waals surface area (Å²) in [5.41, 5.74) is -1.41. The molecule has 0 heterocycles. The van der Waals surface area contributed by atoms with E-state index in [4.69, 9.17) is 16.9 Å². The minimum Gasteiger partial charge on any atom is -0.382 e. The average molecular weight is 318 g/mol. The summed E-state index contributed by atoms with van der Waals surface area (Å²) in [7, 11) is 3.20. The molecule has 1 N–H and O–H groups in total. The Labute approximate surface area is 124 Å².